The van der Waals surface area contributed by atoms with Crippen LogP contribution in [-0.2, 0) is 25.9 Å². The van der Waals surface area contributed by atoms with Gasteiger partial charge in [0, 0.05) is 12.7 Å². The molecule has 3 N–H and O–H groups in total. The molecule has 1 heterocycles. The van der Waals surface area contributed by atoms with E-state index in [1.54, 1.807) is 6.20 Å². The van der Waals surface area contributed by atoms with Crippen molar-refractivity contribution in [3.05, 3.63) is 53.0 Å². The fourth-order valence-corrected chi connectivity index (χ4v) is 2.69. The number of fused-ring (bicyclic) bond motifs is 1. The third kappa shape index (κ3) is 2.96. The zero-order valence-electron chi connectivity index (χ0n) is 11.6. The van der Waals surface area contributed by atoms with Crippen molar-refractivity contribution >= 4 is 5.82 Å². The first-order chi connectivity index (χ1) is 9.85. The number of hydrogen-bond acceptors (Lipinski definition) is 4. The molecule has 0 saturated heterocycles. The molecule has 0 spiro atoms. The van der Waals surface area contributed by atoms with Crippen LogP contribution in [0.4, 0.5) is 5.82 Å². The first kappa shape index (κ1) is 13.1. The van der Waals surface area contributed by atoms with Crippen LogP contribution in [0.25, 0.3) is 0 Å². The van der Waals surface area contributed by atoms with E-state index in [1.807, 2.05) is 6.07 Å². The highest BCUT2D eigenvalue weighted by Crippen LogP contribution is 2.22. The van der Waals surface area contributed by atoms with E-state index in [1.165, 1.54) is 42.4 Å². The summed E-state index contributed by atoms with van der Waals surface area (Å²) >= 11 is 0. The Morgan fingerprint density at radius 1 is 1.10 bits per heavy atom. The van der Waals surface area contributed by atoms with Crippen molar-refractivity contribution in [3.63, 3.8) is 0 Å². The molecule has 0 atom stereocenters. The van der Waals surface area contributed by atoms with Gasteiger partial charge in [0.15, 0.2) is 0 Å². The quantitative estimate of drug-likeness (QED) is 0.894. The zero-order valence-corrected chi connectivity index (χ0v) is 11.6. The van der Waals surface area contributed by atoms with Crippen LogP contribution in [0.2, 0.25) is 0 Å². The first-order valence-corrected chi connectivity index (χ1v) is 7.22. The highest BCUT2D eigenvalue weighted by Gasteiger charge is 2.09. The van der Waals surface area contributed by atoms with Crippen molar-refractivity contribution < 1.29 is 0 Å². The number of hydrogen-bond donors (Lipinski definition) is 2. The molecule has 0 radical (unpaired) electrons. The molecule has 0 fully saturated rings. The van der Waals surface area contributed by atoms with Crippen LogP contribution in [0.3, 0.4) is 0 Å². The molecular formula is C16H20N4. The van der Waals surface area contributed by atoms with Gasteiger partial charge in [0.05, 0.1) is 6.54 Å². The van der Waals surface area contributed by atoms with Crippen molar-refractivity contribution in [1.82, 2.24) is 9.97 Å². The van der Waals surface area contributed by atoms with E-state index in [2.05, 4.69) is 33.5 Å². The molecule has 104 valence electrons. The molecule has 3 rings (SSSR count). The molecule has 0 aliphatic heterocycles. The molecular weight excluding hydrogens is 248 g/mol. The number of nitrogens with two attached hydrogens (primary N) is 1. The fraction of sp³-hybridized carbons (Fsp3) is 0.375. The molecule has 1 aromatic carbocycles. The second-order valence-corrected chi connectivity index (χ2v) is 5.23. The van der Waals surface area contributed by atoms with Crippen molar-refractivity contribution in [2.45, 2.75) is 38.8 Å². The molecule has 1 aromatic heterocycles. The van der Waals surface area contributed by atoms with Gasteiger partial charge in [0.25, 0.3) is 0 Å². The predicted molar refractivity (Wildman–Crippen MR) is 80.3 cm³/mol. The van der Waals surface area contributed by atoms with E-state index >= 15 is 0 Å². The lowest BCUT2D eigenvalue weighted by atomic mass is 9.90. The number of anilines is 1. The topological polar surface area (TPSA) is 63.8 Å². The minimum atomic E-state index is 0.369. The van der Waals surface area contributed by atoms with E-state index in [9.17, 15) is 0 Å². The lowest BCUT2D eigenvalue weighted by Crippen LogP contribution is -2.08. The zero-order chi connectivity index (χ0) is 13.8. The molecule has 4 heteroatoms. The van der Waals surface area contributed by atoms with Gasteiger partial charge in [0.2, 0.25) is 0 Å². The Bertz CT molecular complexity index is 595. The monoisotopic (exact) mass is 268 g/mol. The van der Waals surface area contributed by atoms with E-state index in [4.69, 9.17) is 5.73 Å². The van der Waals surface area contributed by atoms with Crippen LogP contribution >= 0.6 is 0 Å². The predicted octanol–water partition coefficient (Wildman–Crippen LogP) is 2.43. The van der Waals surface area contributed by atoms with E-state index < -0.39 is 0 Å². The smallest absolute Gasteiger partial charge is 0.144 e. The molecule has 4 nitrogen and oxygen atoms in total. The molecule has 2 aromatic rings. The maximum absolute atomic E-state index is 5.55. The minimum absolute atomic E-state index is 0.369. The Hall–Kier alpha value is -1.94. The lowest BCUT2D eigenvalue weighted by molar-refractivity contribution is 0.684. The summed E-state index contributed by atoms with van der Waals surface area (Å²) in [5.74, 6) is 1.50. The Morgan fingerprint density at radius 3 is 2.80 bits per heavy atom. The second kappa shape index (κ2) is 6.01. The van der Waals surface area contributed by atoms with Crippen molar-refractivity contribution in [2.24, 2.45) is 5.73 Å². The number of nitrogens with zero attached hydrogens (tertiary/aromatic N) is 2. The Kier molecular flexibility index (Phi) is 3.92. The largest absolute Gasteiger partial charge is 0.366 e. The highest BCUT2D eigenvalue weighted by molar-refractivity contribution is 5.38. The molecule has 0 saturated carbocycles. The second-order valence-electron chi connectivity index (χ2n) is 5.23. The van der Waals surface area contributed by atoms with Crippen LogP contribution in [0.1, 0.15) is 35.4 Å². The molecule has 1 aliphatic rings. The summed E-state index contributed by atoms with van der Waals surface area (Å²) in [7, 11) is 0. The van der Waals surface area contributed by atoms with Gasteiger partial charge in [-0.15, -0.1) is 0 Å². The lowest BCUT2D eigenvalue weighted by Gasteiger charge is -2.16. The maximum Gasteiger partial charge on any atom is 0.144 e. The van der Waals surface area contributed by atoms with Crippen molar-refractivity contribution in [1.29, 1.82) is 0 Å². The fourth-order valence-electron chi connectivity index (χ4n) is 2.69. The summed E-state index contributed by atoms with van der Waals surface area (Å²) in [4.78, 5) is 8.44. The summed E-state index contributed by atoms with van der Waals surface area (Å²) < 4.78 is 0. The van der Waals surface area contributed by atoms with E-state index in [-0.39, 0.29) is 0 Å². The third-order valence-electron chi connectivity index (χ3n) is 3.77. The van der Waals surface area contributed by atoms with Gasteiger partial charge >= 0.3 is 0 Å². The van der Waals surface area contributed by atoms with Gasteiger partial charge in [-0.05, 0) is 48.4 Å². The first-order valence-electron chi connectivity index (χ1n) is 7.22. The molecule has 20 heavy (non-hydrogen) atoms. The number of aromatic nitrogens is 2. The van der Waals surface area contributed by atoms with Crippen molar-refractivity contribution in [2.75, 3.05) is 5.32 Å². The summed E-state index contributed by atoms with van der Waals surface area (Å²) in [5.41, 5.74) is 9.89. The van der Waals surface area contributed by atoms with Crippen LogP contribution in [0, 0.1) is 0 Å². The SMILES string of the molecule is NCc1nccc(NCc2ccc3c(c2)CCCC3)n1. The number of benzene rings is 1. The number of rotatable bonds is 4. The van der Waals surface area contributed by atoms with Gasteiger partial charge in [-0.25, -0.2) is 9.97 Å². The van der Waals surface area contributed by atoms with Crippen molar-refractivity contribution in [3.8, 4) is 0 Å². The van der Waals surface area contributed by atoms with Crippen LogP contribution in [-0.4, -0.2) is 9.97 Å². The molecule has 1 aliphatic carbocycles. The summed E-state index contributed by atoms with van der Waals surface area (Å²) in [6, 6.07) is 8.68. The van der Waals surface area contributed by atoms with E-state index in [0.29, 0.717) is 12.4 Å². The molecule has 0 unspecified atom stereocenters. The normalized spacial score (nSPS) is 13.8. The van der Waals surface area contributed by atoms with Gasteiger partial charge in [0.1, 0.15) is 11.6 Å². The van der Waals surface area contributed by atoms with Crippen LogP contribution in [0.5, 0.6) is 0 Å². The Labute approximate surface area is 119 Å². The Balaban J connectivity index is 1.68. The van der Waals surface area contributed by atoms with Crippen LogP contribution in [0.15, 0.2) is 30.5 Å². The minimum Gasteiger partial charge on any atom is -0.366 e. The summed E-state index contributed by atoms with van der Waals surface area (Å²) in [6.45, 7) is 1.16. The van der Waals surface area contributed by atoms with Gasteiger partial charge in [-0.3, -0.25) is 0 Å². The standard InChI is InChI=1S/C16H20N4/c17-10-16-18-8-7-15(20-16)19-11-12-5-6-13-3-1-2-4-14(13)9-12/h5-9H,1-4,10-11,17H2,(H,18,19,20). The molecule has 0 bridgehead atoms. The average Bonchev–Trinajstić information content (AvgIpc) is 2.53. The number of nitrogens with one attached hydrogen (secondary N) is 1. The summed E-state index contributed by atoms with van der Waals surface area (Å²) in [6.07, 6.45) is 6.83. The maximum atomic E-state index is 5.55. The van der Waals surface area contributed by atoms with Gasteiger partial charge in [-0.2, -0.15) is 0 Å². The Morgan fingerprint density at radius 2 is 1.95 bits per heavy atom. The van der Waals surface area contributed by atoms with Gasteiger partial charge < -0.3 is 11.1 Å². The average molecular weight is 268 g/mol. The highest BCUT2D eigenvalue weighted by atomic mass is 15.0. The number of aryl methyl sites for hydroxylation is 2. The van der Waals surface area contributed by atoms with Gasteiger partial charge in [-0.1, -0.05) is 18.2 Å². The third-order valence-corrected chi connectivity index (χ3v) is 3.77. The summed E-state index contributed by atoms with van der Waals surface area (Å²) in [5, 5.41) is 3.34. The molecule has 0 amide bonds. The van der Waals surface area contributed by atoms with E-state index in [0.717, 1.165) is 12.4 Å². The van der Waals surface area contributed by atoms with Crippen LogP contribution < -0.4 is 11.1 Å².